The smallest absolute Gasteiger partial charge is 0.128 e. The van der Waals surface area contributed by atoms with Gasteiger partial charge >= 0.3 is 0 Å². The predicted molar refractivity (Wildman–Crippen MR) is 162 cm³/mol. The van der Waals surface area contributed by atoms with E-state index in [0.29, 0.717) is 44.7 Å². The van der Waals surface area contributed by atoms with Crippen LogP contribution in [-0.4, -0.2) is 26.4 Å². The van der Waals surface area contributed by atoms with E-state index in [4.69, 9.17) is 0 Å². The molecule has 2 rings (SSSR count). The lowest BCUT2D eigenvalue weighted by Gasteiger charge is -2.44. The zero-order valence-electron chi connectivity index (χ0n) is 24.2. The Bertz CT molecular complexity index is 873. The average Bonchev–Trinajstić information content (AvgIpc) is 2.72. The minimum Gasteiger partial charge on any atom is -0.507 e. The molecule has 2 aromatic rings. The van der Waals surface area contributed by atoms with E-state index < -0.39 is 16.1 Å². The minimum atomic E-state index is -2.01. The molecule has 196 valence electrons. The quantitative estimate of drug-likeness (QED) is 0.301. The molecule has 0 unspecified atom stereocenters. The van der Waals surface area contributed by atoms with Crippen LogP contribution in [0.1, 0.15) is 83.1 Å². The van der Waals surface area contributed by atoms with Crippen molar-refractivity contribution in [3.8, 4) is 11.5 Å². The summed E-state index contributed by atoms with van der Waals surface area (Å²) in [6, 6.07) is 12.5. The Morgan fingerprint density at radius 1 is 0.486 bits per heavy atom. The third-order valence-electron chi connectivity index (χ3n) is 8.88. The monoisotopic (exact) mass is 530 g/mol. The van der Waals surface area contributed by atoms with E-state index in [-0.39, 0.29) is 0 Å². The number of para-hydroxylation sites is 2. The number of phenolic OH excluding ortho intramolecular Hbond substituents is 2. The molecule has 35 heavy (non-hydrogen) atoms. The molecule has 0 amide bonds. The van der Waals surface area contributed by atoms with Crippen LogP contribution in [0.25, 0.3) is 0 Å². The van der Waals surface area contributed by atoms with Crippen LogP contribution in [0.2, 0.25) is 33.2 Å². The molecule has 0 atom stereocenters. The van der Waals surface area contributed by atoms with Crippen molar-refractivity contribution in [1.82, 2.24) is 0 Å². The standard InChI is InChI=1S/C30H50O2SSi2/c1-19(2)34(20(3)4,21(5)6)27-17-13-15-25(29(27)31)33-26-16-14-18-28(30(26)32)35(22(7)8,23(9)10)24(11)12/h13-24,31-32H,1-12H3. The van der Waals surface area contributed by atoms with Gasteiger partial charge in [0, 0.05) is 0 Å². The summed E-state index contributed by atoms with van der Waals surface area (Å²) >= 11 is 1.52. The Balaban J connectivity index is 2.70. The van der Waals surface area contributed by atoms with Gasteiger partial charge in [-0.2, -0.15) is 0 Å². The van der Waals surface area contributed by atoms with Gasteiger partial charge in [-0.1, -0.05) is 119 Å². The molecule has 0 aromatic heterocycles. The van der Waals surface area contributed by atoms with Crippen LogP contribution in [0.3, 0.4) is 0 Å². The Kier molecular flexibility index (Phi) is 9.85. The number of rotatable bonds is 10. The molecule has 0 fully saturated rings. The van der Waals surface area contributed by atoms with Crippen LogP contribution in [0.4, 0.5) is 0 Å². The fraction of sp³-hybridized carbons (Fsp3) is 0.600. The third kappa shape index (κ3) is 5.02. The molecule has 0 saturated carbocycles. The highest BCUT2D eigenvalue weighted by atomic mass is 32.2. The number of hydrogen-bond donors (Lipinski definition) is 2. The van der Waals surface area contributed by atoms with Crippen molar-refractivity contribution in [3.63, 3.8) is 0 Å². The van der Waals surface area contributed by atoms with Gasteiger partial charge in [-0.3, -0.25) is 0 Å². The van der Waals surface area contributed by atoms with Gasteiger partial charge in [0.1, 0.15) is 11.5 Å². The molecule has 0 aliphatic rings. The number of phenols is 2. The second kappa shape index (κ2) is 11.5. The average molecular weight is 531 g/mol. The Hall–Kier alpha value is -1.18. The summed E-state index contributed by atoms with van der Waals surface area (Å²) in [5.74, 6) is 0.843. The summed E-state index contributed by atoms with van der Waals surface area (Å²) in [5, 5.41) is 25.6. The van der Waals surface area contributed by atoms with E-state index in [0.717, 1.165) is 20.2 Å². The van der Waals surface area contributed by atoms with Gasteiger partial charge in [0.2, 0.25) is 0 Å². The van der Waals surface area contributed by atoms with E-state index >= 15 is 0 Å². The molecular formula is C30H50O2SSi2. The van der Waals surface area contributed by atoms with Gasteiger partial charge in [-0.15, -0.1) is 0 Å². The van der Waals surface area contributed by atoms with E-state index in [2.05, 4.69) is 107 Å². The fourth-order valence-electron chi connectivity index (χ4n) is 7.89. The Labute approximate surface area is 222 Å². The first kappa shape index (κ1) is 30.1. The molecule has 2 N–H and O–H groups in total. The molecule has 5 heteroatoms. The van der Waals surface area contributed by atoms with Gasteiger partial charge in [-0.05, 0) is 55.8 Å². The molecule has 2 aromatic carbocycles. The minimum absolute atomic E-state index is 0.421. The summed E-state index contributed by atoms with van der Waals surface area (Å²) in [7, 11) is -4.03. The highest BCUT2D eigenvalue weighted by Crippen LogP contribution is 2.47. The number of aromatic hydroxyl groups is 2. The van der Waals surface area contributed by atoms with Crippen molar-refractivity contribution in [3.05, 3.63) is 36.4 Å². The van der Waals surface area contributed by atoms with Crippen molar-refractivity contribution in [2.75, 3.05) is 0 Å². The summed E-state index contributed by atoms with van der Waals surface area (Å²) in [5.41, 5.74) is 3.08. The van der Waals surface area contributed by atoms with Crippen LogP contribution >= 0.6 is 11.8 Å². The van der Waals surface area contributed by atoms with E-state index in [9.17, 15) is 10.2 Å². The second-order valence-corrected chi connectivity index (χ2v) is 25.0. The topological polar surface area (TPSA) is 40.5 Å². The molecule has 0 radical (unpaired) electrons. The van der Waals surface area contributed by atoms with Crippen molar-refractivity contribution < 1.29 is 10.2 Å². The van der Waals surface area contributed by atoms with Crippen LogP contribution in [0.15, 0.2) is 46.2 Å². The van der Waals surface area contributed by atoms with Crippen molar-refractivity contribution >= 4 is 38.3 Å². The lowest BCUT2D eigenvalue weighted by atomic mass is 10.3. The van der Waals surface area contributed by atoms with Crippen LogP contribution in [0, 0.1) is 0 Å². The van der Waals surface area contributed by atoms with Gasteiger partial charge in [0.25, 0.3) is 0 Å². The zero-order valence-corrected chi connectivity index (χ0v) is 27.0. The Morgan fingerprint density at radius 2 is 0.743 bits per heavy atom. The van der Waals surface area contributed by atoms with E-state index in [1.807, 2.05) is 12.1 Å². The van der Waals surface area contributed by atoms with Gasteiger partial charge in [-0.25, -0.2) is 0 Å². The molecular weight excluding hydrogens is 481 g/mol. The van der Waals surface area contributed by atoms with Crippen LogP contribution < -0.4 is 10.4 Å². The summed E-state index contributed by atoms with van der Waals surface area (Å²) in [6.45, 7) is 27.9. The van der Waals surface area contributed by atoms with Gasteiger partial charge in [0.05, 0.1) is 25.9 Å². The fourth-order valence-corrected chi connectivity index (χ4v) is 22.6. The maximum Gasteiger partial charge on any atom is 0.128 e. The molecule has 0 aliphatic heterocycles. The normalized spacial score (nSPS) is 13.3. The Morgan fingerprint density at radius 3 is 0.971 bits per heavy atom. The first-order chi connectivity index (χ1) is 16.2. The molecule has 0 bridgehead atoms. The van der Waals surface area contributed by atoms with Crippen molar-refractivity contribution in [1.29, 1.82) is 0 Å². The molecule has 0 spiro atoms. The second-order valence-electron chi connectivity index (χ2n) is 12.2. The summed E-state index contributed by atoms with van der Waals surface area (Å²) < 4.78 is 0. The van der Waals surface area contributed by atoms with E-state index in [1.54, 1.807) is 0 Å². The number of benzene rings is 2. The van der Waals surface area contributed by atoms with E-state index in [1.165, 1.54) is 11.8 Å². The first-order valence-corrected chi connectivity index (χ1v) is 18.8. The summed E-state index contributed by atoms with van der Waals surface area (Å²) in [6.07, 6.45) is 0. The molecule has 0 aliphatic carbocycles. The lowest BCUT2D eigenvalue weighted by molar-refractivity contribution is 0.463. The summed E-state index contributed by atoms with van der Waals surface area (Å²) in [4.78, 5) is 1.69. The highest BCUT2D eigenvalue weighted by molar-refractivity contribution is 7.99. The first-order valence-electron chi connectivity index (χ1n) is 13.5. The molecule has 0 saturated heterocycles. The van der Waals surface area contributed by atoms with Crippen LogP contribution in [0.5, 0.6) is 11.5 Å². The van der Waals surface area contributed by atoms with Crippen molar-refractivity contribution in [2.45, 2.75) is 126 Å². The maximum absolute atomic E-state index is 11.7. The highest BCUT2D eigenvalue weighted by Gasteiger charge is 2.47. The predicted octanol–water partition coefficient (Wildman–Crippen LogP) is 9.02. The van der Waals surface area contributed by atoms with Crippen molar-refractivity contribution in [2.24, 2.45) is 0 Å². The maximum atomic E-state index is 11.7. The van der Waals surface area contributed by atoms with Gasteiger partial charge < -0.3 is 10.2 Å². The largest absolute Gasteiger partial charge is 0.507 e. The lowest BCUT2D eigenvalue weighted by Crippen LogP contribution is -2.55. The molecule has 2 nitrogen and oxygen atoms in total. The van der Waals surface area contributed by atoms with Gasteiger partial charge in [0.15, 0.2) is 0 Å². The zero-order chi connectivity index (χ0) is 26.9. The SMILES string of the molecule is CC(C)[Si](c1cccc(Sc2cccc([Si](C(C)C)(C(C)C)C(C)C)c2O)c1O)(C(C)C)C(C)C. The third-order valence-corrected chi connectivity index (χ3v) is 24.1. The van der Waals surface area contributed by atoms with Crippen LogP contribution in [-0.2, 0) is 0 Å². The molecule has 0 heterocycles. The number of hydrogen-bond acceptors (Lipinski definition) is 3.